The second kappa shape index (κ2) is 7.06. The lowest BCUT2D eigenvalue weighted by molar-refractivity contribution is 0.579. The summed E-state index contributed by atoms with van der Waals surface area (Å²) in [6, 6.07) is 14.6. The minimum absolute atomic E-state index is 0.211. The third-order valence-electron chi connectivity index (χ3n) is 3.06. The highest BCUT2D eigenvalue weighted by Crippen LogP contribution is 2.22. The molecule has 0 spiro atoms. The zero-order chi connectivity index (χ0) is 15.3. The zero-order valence-corrected chi connectivity index (χ0v) is 13.8. The topological polar surface area (TPSA) is 72.2 Å². The quantitative estimate of drug-likeness (QED) is 0.608. The van der Waals surface area contributed by atoms with Crippen LogP contribution < -0.4 is 10.5 Å². The molecule has 0 saturated carbocycles. The van der Waals surface area contributed by atoms with E-state index in [9.17, 15) is 8.42 Å². The molecule has 0 aliphatic heterocycles. The number of sulfonamides is 1. The van der Waals surface area contributed by atoms with Gasteiger partial charge >= 0.3 is 0 Å². The predicted octanol–water partition coefficient (Wildman–Crippen LogP) is 2.94. The average molecular weight is 369 g/mol. The van der Waals surface area contributed by atoms with Crippen LogP contribution in [0.5, 0.6) is 0 Å². The van der Waals surface area contributed by atoms with Gasteiger partial charge in [0, 0.05) is 16.7 Å². The van der Waals surface area contributed by atoms with Crippen molar-refractivity contribution < 1.29 is 8.42 Å². The van der Waals surface area contributed by atoms with Gasteiger partial charge in [-0.3, -0.25) is 0 Å². The molecule has 0 radical (unpaired) electrons. The second-order valence-corrected chi connectivity index (χ2v) is 7.29. The van der Waals surface area contributed by atoms with Crippen molar-refractivity contribution in [2.45, 2.75) is 17.7 Å². The van der Waals surface area contributed by atoms with Gasteiger partial charge in [-0.15, -0.1) is 0 Å². The molecule has 2 aromatic rings. The Hall–Kier alpha value is -1.37. The van der Waals surface area contributed by atoms with E-state index in [1.807, 2.05) is 30.3 Å². The van der Waals surface area contributed by atoms with Gasteiger partial charge in [0.25, 0.3) is 0 Å². The molecule has 0 amide bonds. The number of hydrogen-bond donors (Lipinski definition) is 2. The van der Waals surface area contributed by atoms with E-state index in [1.165, 1.54) is 17.7 Å². The maximum atomic E-state index is 12.1. The third kappa shape index (κ3) is 4.56. The van der Waals surface area contributed by atoms with Gasteiger partial charge in [0.2, 0.25) is 10.0 Å². The number of anilines is 1. The van der Waals surface area contributed by atoms with Crippen LogP contribution >= 0.6 is 15.9 Å². The summed E-state index contributed by atoms with van der Waals surface area (Å²) < 4.78 is 27.4. The smallest absolute Gasteiger partial charge is 0.240 e. The van der Waals surface area contributed by atoms with Crippen molar-refractivity contribution in [2.24, 2.45) is 0 Å². The van der Waals surface area contributed by atoms with E-state index < -0.39 is 10.0 Å². The molecule has 0 aromatic heterocycles. The van der Waals surface area contributed by atoms with Gasteiger partial charge in [-0.25, -0.2) is 13.1 Å². The molecule has 0 heterocycles. The Morgan fingerprint density at radius 2 is 1.81 bits per heavy atom. The van der Waals surface area contributed by atoms with E-state index in [1.54, 1.807) is 6.07 Å². The van der Waals surface area contributed by atoms with Crippen LogP contribution in [-0.2, 0) is 16.4 Å². The predicted molar refractivity (Wildman–Crippen MR) is 88.5 cm³/mol. The Morgan fingerprint density at radius 3 is 2.48 bits per heavy atom. The molecular weight excluding hydrogens is 352 g/mol. The van der Waals surface area contributed by atoms with E-state index in [-0.39, 0.29) is 4.90 Å². The van der Waals surface area contributed by atoms with E-state index in [4.69, 9.17) is 5.73 Å². The molecule has 2 rings (SSSR count). The summed E-state index contributed by atoms with van der Waals surface area (Å²) in [4.78, 5) is 0.211. The van der Waals surface area contributed by atoms with Gasteiger partial charge in [0.15, 0.2) is 0 Å². The molecule has 0 saturated heterocycles. The average Bonchev–Trinajstić information content (AvgIpc) is 2.47. The largest absolute Gasteiger partial charge is 0.398 e. The van der Waals surface area contributed by atoms with Crippen LogP contribution in [0, 0.1) is 0 Å². The van der Waals surface area contributed by atoms with Gasteiger partial charge < -0.3 is 5.73 Å². The first-order valence-corrected chi connectivity index (χ1v) is 8.85. The molecule has 0 fully saturated rings. The number of aryl methyl sites for hydroxylation is 1. The fraction of sp³-hybridized carbons (Fsp3) is 0.200. The van der Waals surface area contributed by atoms with Crippen LogP contribution in [0.2, 0.25) is 0 Å². The zero-order valence-electron chi connectivity index (χ0n) is 11.4. The van der Waals surface area contributed by atoms with Gasteiger partial charge in [-0.1, -0.05) is 30.3 Å². The summed E-state index contributed by atoms with van der Waals surface area (Å²) >= 11 is 3.23. The van der Waals surface area contributed by atoms with Crippen molar-refractivity contribution >= 4 is 31.6 Å². The highest BCUT2D eigenvalue weighted by molar-refractivity contribution is 9.10. The van der Waals surface area contributed by atoms with E-state index in [2.05, 4.69) is 20.7 Å². The SMILES string of the molecule is Nc1ccc(S(=O)(=O)NCCCc2ccccc2)cc1Br. The minimum atomic E-state index is -3.49. The Bertz CT molecular complexity index is 703. The molecule has 0 aliphatic carbocycles. The van der Waals surface area contributed by atoms with Crippen molar-refractivity contribution in [3.05, 3.63) is 58.6 Å². The molecule has 0 aliphatic rings. The Kier molecular flexibility index (Phi) is 5.39. The summed E-state index contributed by atoms with van der Waals surface area (Å²) in [5, 5.41) is 0. The van der Waals surface area contributed by atoms with Crippen molar-refractivity contribution in [1.29, 1.82) is 0 Å². The Labute approximate surface area is 133 Å². The third-order valence-corrected chi connectivity index (χ3v) is 5.20. The van der Waals surface area contributed by atoms with Crippen molar-refractivity contribution in [2.75, 3.05) is 12.3 Å². The van der Waals surface area contributed by atoms with E-state index >= 15 is 0 Å². The van der Waals surface area contributed by atoms with Gasteiger partial charge in [-0.2, -0.15) is 0 Å². The Morgan fingerprint density at radius 1 is 1.10 bits per heavy atom. The van der Waals surface area contributed by atoms with Gasteiger partial charge in [0.05, 0.1) is 4.90 Å². The summed E-state index contributed by atoms with van der Waals surface area (Å²) in [7, 11) is -3.49. The molecule has 0 bridgehead atoms. The molecule has 0 unspecified atom stereocenters. The summed E-state index contributed by atoms with van der Waals surface area (Å²) in [5.74, 6) is 0. The van der Waals surface area contributed by atoms with Crippen LogP contribution in [0.15, 0.2) is 57.9 Å². The molecule has 2 aromatic carbocycles. The second-order valence-electron chi connectivity index (χ2n) is 4.67. The van der Waals surface area contributed by atoms with Crippen molar-refractivity contribution in [3.8, 4) is 0 Å². The van der Waals surface area contributed by atoms with Crippen molar-refractivity contribution in [3.63, 3.8) is 0 Å². The fourth-order valence-corrected chi connectivity index (χ4v) is 3.53. The van der Waals surface area contributed by atoms with Gasteiger partial charge in [0.1, 0.15) is 0 Å². The highest BCUT2D eigenvalue weighted by atomic mass is 79.9. The number of nitrogen functional groups attached to an aromatic ring is 1. The Balaban J connectivity index is 1.91. The first-order valence-electron chi connectivity index (χ1n) is 6.58. The van der Waals surface area contributed by atoms with Gasteiger partial charge in [-0.05, 0) is 52.5 Å². The number of halogens is 1. The molecule has 3 N–H and O–H groups in total. The normalized spacial score (nSPS) is 11.5. The lowest BCUT2D eigenvalue weighted by atomic mass is 10.1. The molecule has 112 valence electrons. The van der Waals surface area contributed by atoms with Crippen LogP contribution in [0.3, 0.4) is 0 Å². The molecule has 6 heteroatoms. The maximum absolute atomic E-state index is 12.1. The number of nitrogens with one attached hydrogen (secondary N) is 1. The molecule has 0 atom stereocenters. The fourth-order valence-electron chi connectivity index (χ4n) is 1.90. The first kappa shape index (κ1) is 16.0. The summed E-state index contributed by atoms with van der Waals surface area (Å²) in [6.45, 7) is 0.402. The monoisotopic (exact) mass is 368 g/mol. The molecular formula is C15H17BrN2O2S. The highest BCUT2D eigenvalue weighted by Gasteiger charge is 2.14. The van der Waals surface area contributed by atoms with Crippen LogP contribution in [0.25, 0.3) is 0 Å². The van der Waals surface area contributed by atoms with Crippen molar-refractivity contribution in [1.82, 2.24) is 4.72 Å². The number of benzene rings is 2. The minimum Gasteiger partial charge on any atom is -0.398 e. The van der Waals surface area contributed by atoms with E-state index in [0.717, 1.165) is 12.8 Å². The summed E-state index contributed by atoms with van der Waals surface area (Å²) in [5.41, 5.74) is 7.37. The molecule has 4 nitrogen and oxygen atoms in total. The maximum Gasteiger partial charge on any atom is 0.240 e. The number of hydrogen-bond acceptors (Lipinski definition) is 3. The standard InChI is InChI=1S/C15H17BrN2O2S/c16-14-11-13(8-9-15(14)17)21(19,20)18-10-4-7-12-5-2-1-3-6-12/h1-3,5-6,8-9,11,18H,4,7,10,17H2. The van der Waals surface area contributed by atoms with E-state index in [0.29, 0.717) is 16.7 Å². The van der Waals surface area contributed by atoms with Crippen LogP contribution in [-0.4, -0.2) is 15.0 Å². The first-order chi connectivity index (χ1) is 9.99. The number of rotatable bonds is 6. The molecule has 21 heavy (non-hydrogen) atoms. The lowest BCUT2D eigenvalue weighted by Gasteiger charge is -2.08. The lowest BCUT2D eigenvalue weighted by Crippen LogP contribution is -2.25. The number of nitrogens with two attached hydrogens (primary N) is 1. The summed E-state index contributed by atoms with van der Waals surface area (Å²) in [6.07, 6.45) is 1.59. The van der Waals surface area contributed by atoms with Crippen LogP contribution in [0.4, 0.5) is 5.69 Å². The van der Waals surface area contributed by atoms with Crippen LogP contribution in [0.1, 0.15) is 12.0 Å².